The van der Waals surface area contributed by atoms with E-state index in [-0.39, 0.29) is 6.04 Å². The maximum atomic E-state index is 6.07. The molecule has 2 nitrogen and oxygen atoms in total. The molecule has 1 atom stereocenters. The fraction of sp³-hybridized carbons (Fsp3) is 0.231. The van der Waals surface area contributed by atoms with Crippen molar-refractivity contribution in [2.45, 2.75) is 12.6 Å². The highest BCUT2D eigenvalue weighted by molar-refractivity contribution is 6.42. The fourth-order valence-electron chi connectivity index (χ4n) is 2.31. The summed E-state index contributed by atoms with van der Waals surface area (Å²) in [5.74, 6) is 0. The van der Waals surface area contributed by atoms with Crippen LogP contribution in [0.15, 0.2) is 36.5 Å². The van der Waals surface area contributed by atoms with Crippen LogP contribution >= 0.6 is 23.2 Å². The molecule has 0 amide bonds. The van der Waals surface area contributed by atoms with Crippen LogP contribution in [0.4, 0.5) is 0 Å². The number of aromatic nitrogens is 1. The monoisotopic (exact) mass is 266 g/mol. The molecule has 3 rings (SSSR count). The summed E-state index contributed by atoms with van der Waals surface area (Å²) in [5.41, 5.74) is 2.42. The van der Waals surface area contributed by atoms with Gasteiger partial charge in [-0.15, -0.1) is 0 Å². The van der Waals surface area contributed by atoms with Gasteiger partial charge in [-0.05, 0) is 29.8 Å². The second-order valence-corrected chi connectivity index (χ2v) is 5.00. The Labute approximate surface area is 110 Å². The SMILES string of the molecule is Clc1ccc(C2NCCn3cccc32)cc1Cl. The lowest BCUT2D eigenvalue weighted by Crippen LogP contribution is -2.33. The summed E-state index contributed by atoms with van der Waals surface area (Å²) in [6, 6.07) is 10.2. The van der Waals surface area contributed by atoms with Crippen LogP contribution in [-0.2, 0) is 6.54 Å². The maximum absolute atomic E-state index is 6.07. The summed E-state index contributed by atoms with van der Waals surface area (Å²) in [6.45, 7) is 1.98. The lowest BCUT2D eigenvalue weighted by atomic mass is 10.0. The van der Waals surface area contributed by atoms with Gasteiger partial charge in [0.15, 0.2) is 0 Å². The summed E-state index contributed by atoms with van der Waals surface area (Å²) in [7, 11) is 0. The fourth-order valence-corrected chi connectivity index (χ4v) is 2.61. The van der Waals surface area contributed by atoms with Crippen molar-refractivity contribution in [3.63, 3.8) is 0 Å². The van der Waals surface area contributed by atoms with Crippen LogP contribution in [0.2, 0.25) is 10.0 Å². The minimum Gasteiger partial charge on any atom is -0.348 e. The summed E-state index contributed by atoms with van der Waals surface area (Å²) in [4.78, 5) is 0. The van der Waals surface area contributed by atoms with E-state index in [9.17, 15) is 0 Å². The van der Waals surface area contributed by atoms with Crippen molar-refractivity contribution >= 4 is 23.2 Å². The van der Waals surface area contributed by atoms with Crippen LogP contribution in [0.3, 0.4) is 0 Å². The van der Waals surface area contributed by atoms with Crippen molar-refractivity contribution in [1.29, 1.82) is 0 Å². The average molecular weight is 267 g/mol. The van der Waals surface area contributed by atoms with E-state index in [1.807, 2.05) is 18.2 Å². The Morgan fingerprint density at radius 1 is 1.18 bits per heavy atom. The number of hydrogen-bond donors (Lipinski definition) is 1. The number of hydrogen-bond acceptors (Lipinski definition) is 1. The molecule has 17 heavy (non-hydrogen) atoms. The molecular formula is C13H12Cl2N2. The predicted molar refractivity (Wildman–Crippen MR) is 70.7 cm³/mol. The first-order valence-electron chi connectivity index (χ1n) is 5.59. The predicted octanol–water partition coefficient (Wildman–Crippen LogP) is 3.49. The van der Waals surface area contributed by atoms with E-state index in [1.54, 1.807) is 0 Å². The van der Waals surface area contributed by atoms with Crippen molar-refractivity contribution in [2.75, 3.05) is 6.54 Å². The third kappa shape index (κ3) is 1.97. The number of fused-ring (bicyclic) bond motifs is 1. The van der Waals surface area contributed by atoms with E-state index in [0.29, 0.717) is 10.0 Å². The van der Waals surface area contributed by atoms with E-state index in [1.165, 1.54) is 5.69 Å². The molecule has 0 fully saturated rings. The van der Waals surface area contributed by atoms with Crippen LogP contribution in [0.25, 0.3) is 0 Å². The van der Waals surface area contributed by atoms with Crippen LogP contribution in [-0.4, -0.2) is 11.1 Å². The van der Waals surface area contributed by atoms with Crippen molar-refractivity contribution in [3.05, 3.63) is 57.8 Å². The summed E-state index contributed by atoms with van der Waals surface area (Å²) in [5, 5.41) is 4.71. The van der Waals surface area contributed by atoms with E-state index >= 15 is 0 Å². The zero-order chi connectivity index (χ0) is 11.8. The summed E-state index contributed by atoms with van der Waals surface area (Å²) in [6.07, 6.45) is 2.11. The van der Waals surface area contributed by atoms with Crippen LogP contribution in [0.5, 0.6) is 0 Å². The van der Waals surface area contributed by atoms with Crippen LogP contribution in [0, 0.1) is 0 Å². The van der Waals surface area contributed by atoms with Crippen molar-refractivity contribution < 1.29 is 0 Å². The van der Waals surface area contributed by atoms with Gasteiger partial charge < -0.3 is 9.88 Å². The van der Waals surface area contributed by atoms with Gasteiger partial charge in [0, 0.05) is 25.0 Å². The Kier molecular flexibility index (Phi) is 2.87. The first-order chi connectivity index (χ1) is 8.25. The molecule has 0 bridgehead atoms. The van der Waals surface area contributed by atoms with E-state index in [2.05, 4.69) is 28.2 Å². The van der Waals surface area contributed by atoms with E-state index in [0.717, 1.165) is 18.7 Å². The Bertz CT molecular complexity index is 548. The molecule has 0 aliphatic carbocycles. The zero-order valence-electron chi connectivity index (χ0n) is 9.16. The normalized spacial score (nSPS) is 19.1. The highest BCUT2D eigenvalue weighted by atomic mass is 35.5. The second kappa shape index (κ2) is 4.37. The topological polar surface area (TPSA) is 17.0 Å². The van der Waals surface area contributed by atoms with Gasteiger partial charge in [0.2, 0.25) is 0 Å². The van der Waals surface area contributed by atoms with Crippen molar-refractivity contribution in [2.24, 2.45) is 0 Å². The van der Waals surface area contributed by atoms with Gasteiger partial charge in [-0.25, -0.2) is 0 Å². The quantitative estimate of drug-likeness (QED) is 0.836. The average Bonchev–Trinajstić information content (AvgIpc) is 2.80. The Balaban J connectivity index is 2.03. The molecule has 1 aliphatic rings. The molecule has 2 aromatic rings. The highest BCUT2D eigenvalue weighted by Crippen LogP contribution is 2.30. The lowest BCUT2D eigenvalue weighted by molar-refractivity contribution is 0.467. The number of benzene rings is 1. The van der Waals surface area contributed by atoms with Gasteiger partial charge in [0.05, 0.1) is 16.1 Å². The Morgan fingerprint density at radius 2 is 2.06 bits per heavy atom. The molecule has 0 saturated carbocycles. The molecule has 1 N–H and O–H groups in total. The molecule has 1 aliphatic heterocycles. The van der Waals surface area contributed by atoms with E-state index < -0.39 is 0 Å². The van der Waals surface area contributed by atoms with Gasteiger partial charge in [0.25, 0.3) is 0 Å². The summed E-state index contributed by atoms with van der Waals surface area (Å²) >= 11 is 12.0. The minimum atomic E-state index is 0.202. The second-order valence-electron chi connectivity index (χ2n) is 4.19. The molecule has 88 valence electrons. The van der Waals surface area contributed by atoms with Crippen LogP contribution in [0.1, 0.15) is 17.3 Å². The molecule has 1 aromatic carbocycles. The molecule has 0 spiro atoms. The number of rotatable bonds is 1. The standard InChI is InChI=1S/C13H12Cl2N2/c14-10-4-3-9(8-11(10)15)13-12-2-1-6-17(12)7-5-16-13/h1-4,6,8,13,16H,5,7H2. The minimum absolute atomic E-state index is 0.202. The lowest BCUT2D eigenvalue weighted by Gasteiger charge is -2.27. The Hall–Kier alpha value is -0.960. The van der Waals surface area contributed by atoms with E-state index in [4.69, 9.17) is 23.2 Å². The molecule has 0 radical (unpaired) electrons. The van der Waals surface area contributed by atoms with Crippen molar-refractivity contribution in [1.82, 2.24) is 9.88 Å². The smallest absolute Gasteiger partial charge is 0.0732 e. The molecular weight excluding hydrogens is 255 g/mol. The highest BCUT2D eigenvalue weighted by Gasteiger charge is 2.21. The largest absolute Gasteiger partial charge is 0.348 e. The number of nitrogens with one attached hydrogen (secondary N) is 1. The van der Waals surface area contributed by atoms with Crippen LogP contribution < -0.4 is 5.32 Å². The first-order valence-corrected chi connectivity index (χ1v) is 6.34. The summed E-state index contributed by atoms with van der Waals surface area (Å²) < 4.78 is 2.27. The number of nitrogens with zero attached hydrogens (tertiary/aromatic N) is 1. The molecule has 2 heterocycles. The van der Waals surface area contributed by atoms with Crippen molar-refractivity contribution in [3.8, 4) is 0 Å². The third-order valence-electron chi connectivity index (χ3n) is 3.14. The molecule has 1 aromatic heterocycles. The maximum Gasteiger partial charge on any atom is 0.0732 e. The van der Waals surface area contributed by atoms with Gasteiger partial charge in [-0.3, -0.25) is 0 Å². The van der Waals surface area contributed by atoms with Gasteiger partial charge in [-0.2, -0.15) is 0 Å². The van der Waals surface area contributed by atoms with Gasteiger partial charge >= 0.3 is 0 Å². The first kappa shape index (κ1) is 11.1. The molecule has 0 saturated heterocycles. The van der Waals surface area contributed by atoms with Gasteiger partial charge in [-0.1, -0.05) is 29.3 Å². The van der Waals surface area contributed by atoms with Gasteiger partial charge in [0.1, 0.15) is 0 Å². The third-order valence-corrected chi connectivity index (χ3v) is 3.88. The number of halogens is 2. The molecule has 4 heteroatoms. The zero-order valence-corrected chi connectivity index (χ0v) is 10.7. The Morgan fingerprint density at radius 3 is 2.88 bits per heavy atom. The molecule has 1 unspecified atom stereocenters.